The molecule has 0 bridgehead atoms. The Bertz CT molecular complexity index is 856. The van der Waals surface area contributed by atoms with Crippen LogP contribution in [-0.2, 0) is 0 Å². The van der Waals surface area contributed by atoms with Gasteiger partial charge in [0.2, 0.25) is 0 Å². The lowest BCUT2D eigenvalue weighted by Gasteiger charge is -2.10. The summed E-state index contributed by atoms with van der Waals surface area (Å²) in [4.78, 5) is 24.2. The highest BCUT2D eigenvalue weighted by molar-refractivity contribution is 6.05. The van der Waals surface area contributed by atoms with Crippen LogP contribution < -0.4 is 10.6 Å². The van der Waals surface area contributed by atoms with Gasteiger partial charge in [-0.3, -0.25) is 9.59 Å². The normalized spacial score (nSPS) is 10.2. The number of rotatable bonds is 4. The number of anilines is 2. The Kier molecular flexibility index (Phi) is 4.43. The highest BCUT2D eigenvalue weighted by Crippen LogP contribution is 2.21. The van der Waals surface area contributed by atoms with E-state index in [1.165, 1.54) is 6.26 Å². The summed E-state index contributed by atoms with van der Waals surface area (Å²) in [6.07, 6.45) is 1.45. The number of amides is 2. The number of hydrogen-bond donors (Lipinski definition) is 2. The van der Waals surface area contributed by atoms with Gasteiger partial charge in [-0.05, 0) is 55.0 Å². The Morgan fingerprint density at radius 2 is 1.67 bits per heavy atom. The summed E-state index contributed by atoms with van der Waals surface area (Å²) >= 11 is 0. The first-order valence-electron chi connectivity index (χ1n) is 7.45. The minimum Gasteiger partial charge on any atom is -0.459 e. The Morgan fingerprint density at radius 1 is 0.875 bits per heavy atom. The van der Waals surface area contributed by atoms with Gasteiger partial charge in [0.1, 0.15) is 0 Å². The quantitative estimate of drug-likeness (QED) is 0.760. The van der Waals surface area contributed by atoms with Crippen molar-refractivity contribution >= 4 is 23.2 Å². The zero-order valence-corrected chi connectivity index (χ0v) is 13.1. The van der Waals surface area contributed by atoms with E-state index in [1.54, 1.807) is 42.5 Å². The smallest absolute Gasteiger partial charge is 0.291 e. The molecule has 0 saturated carbocycles. The molecule has 5 nitrogen and oxygen atoms in total. The van der Waals surface area contributed by atoms with E-state index in [1.807, 2.05) is 25.1 Å². The zero-order chi connectivity index (χ0) is 16.9. The van der Waals surface area contributed by atoms with Crippen molar-refractivity contribution < 1.29 is 14.0 Å². The van der Waals surface area contributed by atoms with Gasteiger partial charge in [0.05, 0.1) is 6.26 Å². The molecule has 2 aromatic carbocycles. The molecular weight excluding hydrogens is 304 g/mol. The minimum absolute atomic E-state index is 0.178. The van der Waals surface area contributed by atoms with Crippen LogP contribution >= 0.6 is 0 Å². The number of benzene rings is 2. The molecule has 0 fully saturated rings. The average molecular weight is 320 g/mol. The molecule has 0 unspecified atom stereocenters. The van der Waals surface area contributed by atoms with E-state index in [2.05, 4.69) is 10.6 Å². The van der Waals surface area contributed by atoms with Gasteiger partial charge in [-0.25, -0.2) is 0 Å². The van der Waals surface area contributed by atoms with Crippen molar-refractivity contribution in [3.63, 3.8) is 0 Å². The van der Waals surface area contributed by atoms with Crippen LogP contribution in [0.5, 0.6) is 0 Å². The molecule has 2 amide bonds. The van der Waals surface area contributed by atoms with E-state index < -0.39 is 0 Å². The molecule has 3 rings (SSSR count). The second-order valence-corrected chi connectivity index (χ2v) is 5.28. The molecule has 1 aromatic heterocycles. The van der Waals surface area contributed by atoms with E-state index in [0.29, 0.717) is 16.9 Å². The topological polar surface area (TPSA) is 71.3 Å². The van der Waals surface area contributed by atoms with Gasteiger partial charge in [0.25, 0.3) is 11.8 Å². The van der Waals surface area contributed by atoms with Gasteiger partial charge in [-0.15, -0.1) is 0 Å². The molecule has 5 heteroatoms. The number of aryl methyl sites for hydroxylation is 1. The minimum atomic E-state index is -0.316. The van der Waals surface area contributed by atoms with Gasteiger partial charge in [0.15, 0.2) is 5.76 Å². The van der Waals surface area contributed by atoms with Crippen LogP contribution in [0.3, 0.4) is 0 Å². The Labute approximate surface area is 139 Å². The second kappa shape index (κ2) is 6.83. The first-order valence-corrected chi connectivity index (χ1v) is 7.45. The fourth-order valence-electron chi connectivity index (χ4n) is 2.27. The number of nitrogens with one attached hydrogen (secondary N) is 2. The number of carbonyl (C=O) groups is 2. The Balaban J connectivity index is 1.71. The van der Waals surface area contributed by atoms with Crippen LogP contribution in [0.2, 0.25) is 0 Å². The molecule has 3 aromatic rings. The van der Waals surface area contributed by atoms with Crippen molar-refractivity contribution in [2.75, 3.05) is 10.6 Å². The molecular formula is C19H16N2O3. The van der Waals surface area contributed by atoms with Crippen molar-refractivity contribution in [2.45, 2.75) is 6.92 Å². The van der Waals surface area contributed by atoms with E-state index in [0.717, 1.165) is 5.56 Å². The summed E-state index contributed by atoms with van der Waals surface area (Å²) in [6, 6.07) is 17.5. The third kappa shape index (κ3) is 3.52. The van der Waals surface area contributed by atoms with E-state index in [-0.39, 0.29) is 17.6 Å². The molecule has 2 N–H and O–H groups in total. The molecule has 0 radical (unpaired) electrons. The maximum atomic E-state index is 12.2. The van der Waals surface area contributed by atoms with Crippen molar-refractivity contribution in [1.29, 1.82) is 0 Å². The predicted octanol–water partition coefficient (Wildman–Crippen LogP) is 4.09. The molecule has 1 heterocycles. The van der Waals surface area contributed by atoms with Crippen LogP contribution in [0.1, 0.15) is 26.5 Å². The van der Waals surface area contributed by atoms with Gasteiger partial charge in [0, 0.05) is 16.9 Å². The number of furan rings is 1. The summed E-state index contributed by atoms with van der Waals surface area (Å²) in [5, 5.41) is 5.62. The van der Waals surface area contributed by atoms with Crippen LogP contribution in [-0.4, -0.2) is 11.8 Å². The lowest BCUT2D eigenvalue weighted by molar-refractivity contribution is 0.0994. The molecule has 0 saturated heterocycles. The van der Waals surface area contributed by atoms with Crippen molar-refractivity contribution in [3.8, 4) is 0 Å². The third-order valence-electron chi connectivity index (χ3n) is 3.51. The molecule has 24 heavy (non-hydrogen) atoms. The number of carbonyl (C=O) groups excluding carboxylic acids is 2. The molecule has 0 aliphatic carbocycles. The fraction of sp³-hybridized carbons (Fsp3) is 0.0526. The van der Waals surface area contributed by atoms with Gasteiger partial charge in [-0.1, -0.05) is 18.2 Å². The first-order chi connectivity index (χ1) is 11.6. The summed E-state index contributed by atoms with van der Waals surface area (Å²) in [5.74, 6) is -0.248. The van der Waals surface area contributed by atoms with E-state index >= 15 is 0 Å². The second-order valence-electron chi connectivity index (χ2n) is 5.28. The summed E-state index contributed by atoms with van der Waals surface area (Å²) in [7, 11) is 0. The fourth-order valence-corrected chi connectivity index (χ4v) is 2.27. The number of hydrogen-bond acceptors (Lipinski definition) is 3. The van der Waals surface area contributed by atoms with Crippen LogP contribution in [0.25, 0.3) is 0 Å². The maximum Gasteiger partial charge on any atom is 0.291 e. The van der Waals surface area contributed by atoms with Crippen molar-refractivity contribution in [3.05, 3.63) is 83.8 Å². The third-order valence-corrected chi connectivity index (χ3v) is 3.51. The lowest BCUT2D eigenvalue weighted by atomic mass is 10.1. The lowest BCUT2D eigenvalue weighted by Crippen LogP contribution is -2.13. The molecule has 0 spiro atoms. The SMILES string of the molecule is Cc1cc(NC(=O)c2ccccc2)ccc1NC(=O)c1ccco1. The standard InChI is InChI=1S/C19H16N2O3/c1-13-12-15(20-18(22)14-6-3-2-4-7-14)9-10-16(13)21-19(23)17-8-5-11-24-17/h2-12H,1H3,(H,20,22)(H,21,23). The van der Waals surface area contributed by atoms with Gasteiger partial charge in [-0.2, -0.15) is 0 Å². The van der Waals surface area contributed by atoms with Gasteiger partial charge >= 0.3 is 0 Å². The zero-order valence-electron chi connectivity index (χ0n) is 13.1. The van der Waals surface area contributed by atoms with Gasteiger partial charge < -0.3 is 15.1 Å². The molecule has 0 aliphatic heterocycles. The van der Waals surface area contributed by atoms with Crippen molar-refractivity contribution in [2.24, 2.45) is 0 Å². The highest BCUT2D eigenvalue weighted by atomic mass is 16.3. The van der Waals surface area contributed by atoms with Crippen LogP contribution in [0.15, 0.2) is 71.3 Å². The Morgan fingerprint density at radius 3 is 2.33 bits per heavy atom. The monoisotopic (exact) mass is 320 g/mol. The molecule has 0 atom stereocenters. The first kappa shape index (κ1) is 15.6. The Hall–Kier alpha value is -3.34. The summed E-state index contributed by atoms with van der Waals surface area (Å²) in [6.45, 7) is 1.86. The van der Waals surface area contributed by atoms with E-state index in [4.69, 9.17) is 4.42 Å². The molecule has 120 valence electrons. The predicted molar refractivity (Wildman–Crippen MR) is 92.2 cm³/mol. The molecule has 0 aliphatic rings. The van der Waals surface area contributed by atoms with Crippen LogP contribution in [0.4, 0.5) is 11.4 Å². The van der Waals surface area contributed by atoms with E-state index in [9.17, 15) is 9.59 Å². The average Bonchev–Trinajstić information content (AvgIpc) is 3.13. The van der Waals surface area contributed by atoms with Crippen molar-refractivity contribution in [1.82, 2.24) is 0 Å². The summed E-state index contributed by atoms with van der Waals surface area (Å²) < 4.78 is 5.06. The summed E-state index contributed by atoms with van der Waals surface area (Å²) in [5.41, 5.74) is 2.75. The maximum absolute atomic E-state index is 12.2. The van der Waals surface area contributed by atoms with Crippen LogP contribution in [0, 0.1) is 6.92 Å². The highest BCUT2D eigenvalue weighted by Gasteiger charge is 2.11. The largest absolute Gasteiger partial charge is 0.459 e.